The lowest BCUT2D eigenvalue weighted by atomic mass is 9.86. The molecule has 2 heterocycles. The zero-order chi connectivity index (χ0) is 14.8. The van der Waals surface area contributed by atoms with Crippen molar-refractivity contribution < 1.29 is 9.47 Å². The van der Waals surface area contributed by atoms with Gasteiger partial charge in [-0.3, -0.25) is 0 Å². The van der Waals surface area contributed by atoms with Crippen LogP contribution in [0, 0.1) is 0 Å². The molecule has 3 rings (SSSR count). The fourth-order valence-electron chi connectivity index (χ4n) is 3.36. The summed E-state index contributed by atoms with van der Waals surface area (Å²) in [6, 6.07) is 0.416. The van der Waals surface area contributed by atoms with Crippen LogP contribution in [0.4, 0.5) is 5.95 Å². The van der Waals surface area contributed by atoms with Gasteiger partial charge in [-0.2, -0.15) is 10.1 Å². The third kappa shape index (κ3) is 2.90. The van der Waals surface area contributed by atoms with Gasteiger partial charge in [0.25, 0.3) is 0 Å². The Morgan fingerprint density at radius 2 is 1.90 bits per heavy atom. The first kappa shape index (κ1) is 14.7. The van der Waals surface area contributed by atoms with Gasteiger partial charge in [0.1, 0.15) is 6.04 Å². The maximum atomic E-state index is 5.98. The Labute approximate surface area is 125 Å². The number of nitrogens with two attached hydrogens (primary N) is 1. The molecule has 3 N–H and O–H groups in total. The number of ether oxygens (including phenoxy) is 2. The molecule has 0 amide bonds. The number of nitrogens with one attached hydrogen (secondary N) is 1. The second-order valence-electron chi connectivity index (χ2n) is 5.97. The minimum Gasteiger partial charge on any atom is -0.354 e. The predicted octanol–water partition coefficient (Wildman–Crippen LogP) is 1.24. The van der Waals surface area contributed by atoms with Gasteiger partial charge in [0, 0.05) is 32.7 Å². The number of rotatable bonds is 4. The molecule has 1 fully saturated rings. The van der Waals surface area contributed by atoms with Gasteiger partial charge in [0.2, 0.25) is 5.95 Å². The molecule has 21 heavy (non-hydrogen) atoms. The van der Waals surface area contributed by atoms with Crippen molar-refractivity contribution in [2.24, 2.45) is 5.73 Å². The fraction of sp³-hybridized carbons (Fsp3) is 0.857. The van der Waals surface area contributed by atoms with E-state index in [1.807, 2.05) is 4.68 Å². The molecule has 0 saturated heterocycles. The summed E-state index contributed by atoms with van der Waals surface area (Å²) in [4.78, 5) is 4.69. The summed E-state index contributed by atoms with van der Waals surface area (Å²) in [5.74, 6) is 2.19. The van der Waals surface area contributed by atoms with Gasteiger partial charge in [0.05, 0.1) is 0 Å². The molecule has 1 aliphatic carbocycles. The number of fused-ring (bicyclic) bond motifs is 1. The van der Waals surface area contributed by atoms with Crippen LogP contribution in [-0.4, -0.2) is 47.9 Å². The average Bonchev–Trinajstić information content (AvgIpc) is 2.94. The molecule has 0 spiro atoms. The van der Waals surface area contributed by atoms with E-state index < -0.39 is 0 Å². The third-order valence-electron chi connectivity index (χ3n) is 4.60. The second kappa shape index (κ2) is 6.29. The molecule has 0 bridgehead atoms. The van der Waals surface area contributed by atoms with Crippen molar-refractivity contribution in [3.8, 4) is 0 Å². The second-order valence-corrected chi connectivity index (χ2v) is 5.97. The zero-order valence-electron chi connectivity index (χ0n) is 12.8. The lowest BCUT2D eigenvalue weighted by molar-refractivity contribution is -0.135. The van der Waals surface area contributed by atoms with Gasteiger partial charge in [-0.05, 0) is 32.1 Å². The summed E-state index contributed by atoms with van der Waals surface area (Å²) >= 11 is 0. The number of aromatic nitrogens is 3. The quantitative estimate of drug-likeness (QED) is 0.813. The van der Waals surface area contributed by atoms with Crippen molar-refractivity contribution in [1.29, 1.82) is 0 Å². The molecule has 1 atom stereocenters. The van der Waals surface area contributed by atoms with Crippen molar-refractivity contribution in [2.45, 2.75) is 56.4 Å². The Balaban J connectivity index is 1.80. The van der Waals surface area contributed by atoms with Crippen LogP contribution in [0.25, 0.3) is 0 Å². The van der Waals surface area contributed by atoms with Crippen molar-refractivity contribution >= 4 is 5.95 Å². The fourth-order valence-corrected chi connectivity index (χ4v) is 3.36. The number of nitrogens with zero attached hydrogens (tertiary/aromatic N) is 3. The summed E-state index contributed by atoms with van der Waals surface area (Å²) < 4.78 is 12.8. The first-order valence-electron chi connectivity index (χ1n) is 7.74. The van der Waals surface area contributed by atoms with Crippen LogP contribution in [0.1, 0.15) is 49.9 Å². The summed E-state index contributed by atoms with van der Waals surface area (Å²) in [7, 11) is 3.33. The first-order valence-corrected chi connectivity index (χ1v) is 7.74. The van der Waals surface area contributed by atoms with Crippen molar-refractivity contribution in [2.75, 3.05) is 26.1 Å². The van der Waals surface area contributed by atoms with E-state index in [4.69, 9.17) is 20.3 Å². The highest BCUT2D eigenvalue weighted by Gasteiger charge is 2.32. The Morgan fingerprint density at radius 3 is 2.57 bits per heavy atom. The molecule has 1 aromatic heterocycles. The standard InChI is InChI=1S/C14H25N5O2/c1-20-13(21-2)11-7-8-16-14-17-12(18-19(11)14)9-3-5-10(15)6-4-9/h9-11,13H,3-8,15H2,1-2H3,(H,16,17,18). The summed E-state index contributed by atoms with van der Waals surface area (Å²) in [6.07, 6.45) is 4.90. The largest absolute Gasteiger partial charge is 0.354 e. The SMILES string of the molecule is COC(OC)C1CCNc2nc(C3CCC(N)CC3)nn21. The predicted molar refractivity (Wildman–Crippen MR) is 79.2 cm³/mol. The third-order valence-corrected chi connectivity index (χ3v) is 4.60. The molecular weight excluding hydrogens is 270 g/mol. The number of hydrogen-bond donors (Lipinski definition) is 2. The summed E-state index contributed by atoms with van der Waals surface area (Å²) in [5.41, 5.74) is 5.98. The Morgan fingerprint density at radius 1 is 1.19 bits per heavy atom. The smallest absolute Gasteiger partial charge is 0.221 e. The van der Waals surface area contributed by atoms with Crippen LogP contribution >= 0.6 is 0 Å². The highest BCUT2D eigenvalue weighted by Crippen LogP contribution is 2.33. The van der Waals surface area contributed by atoms with E-state index in [-0.39, 0.29) is 12.3 Å². The van der Waals surface area contributed by atoms with E-state index in [1.165, 1.54) is 0 Å². The van der Waals surface area contributed by atoms with Gasteiger partial charge in [0.15, 0.2) is 12.1 Å². The molecule has 1 unspecified atom stereocenters. The molecule has 0 radical (unpaired) electrons. The van der Waals surface area contributed by atoms with Gasteiger partial charge < -0.3 is 20.5 Å². The maximum Gasteiger partial charge on any atom is 0.221 e. The van der Waals surface area contributed by atoms with Crippen LogP contribution in [0.5, 0.6) is 0 Å². The van der Waals surface area contributed by atoms with E-state index in [9.17, 15) is 0 Å². The minimum atomic E-state index is -0.292. The van der Waals surface area contributed by atoms with Crippen molar-refractivity contribution in [3.63, 3.8) is 0 Å². The maximum absolute atomic E-state index is 5.98. The normalized spacial score (nSPS) is 29.2. The highest BCUT2D eigenvalue weighted by atomic mass is 16.7. The Hall–Kier alpha value is -1.18. The Bertz CT molecular complexity index is 466. The van der Waals surface area contributed by atoms with E-state index in [0.29, 0.717) is 12.0 Å². The minimum absolute atomic E-state index is 0.0725. The molecule has 1 saturated carbocycles. The highest BCUT2D eigenvalue weighted by molar-refractivity contribution is 5.29. The monoisotopic (exact) mass is 295 g/mol. The molecular formula is C14H25N5O2. The topological polar surface area (TPSA) is 87.2 Å². The molecule has 7 heteroatoms. The molecule has 2 aliphatic rings. The van der Waals surface area contributed by atoms with E-state index in [2.05, 4.69) is 10.3 Å². The first-order chi connectivity index (χ1) is 10.2. The van der Waals surface area contributed by atoms with Crippen LogP contribution < -0.4 is 11.1 Å². The molecule has 118 valence electrons. The van der Waals surface area contributed by atoms with E-state index in [1.54, 1.807) is 14.2 Å². The van der Waals surface area contributed by atoms with E-state index in [0.717, 1.165) is 50.4 Å². The van der Waals surface area contributed by atoms with Crippen LogP contribution in [0.3, 0.4) is 0 Å². The van der Waals surface area contributed by atoms with E-state index >= 15 is 0 Å². The average molecular weight is 295 g/mol. The summed E-state index contributed by atoms with van der Waals surface area (Å²) in [6.45, 7) is 0.863. The van der Waals surface area contributed by atoms with Gasteiger partial charge in [-0.1, -0.05) is 0 Å². The number of anilines is 1. The molecule has 0 aromatic carbocycles. The summed E-state index contributed by atoms with van der Waals surface area (Å²) in [5, 5.41) is 8.06. The van der Waals surface area contributed by atoms with Crippen LogP contribution in [0.15, 0.2) is 0 Å². The van der Waals surface area contributed by atoms with Gasteiger partial charge in [-0.15, -0.1) is 0 Å². The van der Waals surface area contributed by atoms with Crippen molar-refractivity contribution in [3.05, 3.63) is 5.82 Å². The van der Waals surface area contributed by atoms with Gasteiger partial charge >= 0.3 is 0 Å². The number of hydrogen-bond acceptors (Lipinski definition) is 6. The number of methoxy groups -OCH3 is 2. The van der Waals surface area contributed by atoms with Crippen molar-refractivity contribution in [1.82, 2.24) is 14.8 Å². The molecule has 1 aromatic rings. The lowest BCUT2D eigenvalue weighted by Gasteiger charge is -2.29. The lowest BCUT2D eigenvalue weighted by Crippen LogP contribution is -2.34. The Kier molecular flexibility index (Phi) is 4.42. The molecule has 1 aliphatic heterocycles. The van der Waals surface area contributed by atoms with Gasteiger partial charge in [-0.25, -0.2) is 4.68 Å². The van der Waals surface area contributed by atoms with Crippen LogP contribution in [0.2, 0.25) is 0 Å². The molecule has 7 nitrogen and oxygen atoms in total. The zero-order valence-corrected chi connectivity index (χ0v) is 12.8. The van der Waals surface area contributed by atoms with Crippen LogP contribution in [-0.2, 0) is 9.47 Å².